The Morgan fingerprint density at radius 3 is 2.50 bits per heavy atom. The van der Waals surface area contributed by atoms with E-state index in [0.717, 1.165) is 6.54 Å². The number of nitrogens with one attached hydrogen (secondary N) is 1. The lowest BCUT2D eigenvalue weighted by atomic mass is 9.81. The van der Waals surface area contributed by atoms with Crippen LogP contribution < -0.4 is 5.32 Å². The minimum atomic E-state index is 0.481. The summed E-state index contributed by atoms with van der Waals surface area (Å²) in [5.74, 6) is 0.688. The summed E-state index contributed by atoms with van der Waals surface area (Å²) in [6, 6.07) is 17.8. The Morgan fingerprint density at radius 2 is 1.70 bits per heavy atom. The molecule has 20 heavy (non-hydrogen) atoms. The predicted octanol–water partition coefficient (Wildman–Crippen LogP) is 5.18. The molecule has 0 aliphatic heterocycles. The number of hydrogen-bond donors (Lipinski definition) is 1. The monoisotopic (exact) mass is 329 g/mol. The average Bonchev–Trinajstić information content (AvgIpc) is 2.48. The molecule has 0 spiro atoms. The van der Waals surface area contributed by atoms with Crippen molar-refractivity contribution in [2.24, 2.45) is 0 Å². The van der Waals surface area contributed by atoms with Gasteiger partial charge in [0.25, 0.3) is 0 Å². The zero-order valence-corrected chi connectivity index (χ0v) is 13.4. The maximum Gasteiger partial charge on any atom is 0.0326 e. The summed E-state index contributed by atoms with van der Waals surface area (Å²) in [5, 5.41) is 3.73. The van der Waals surface area contributed by atoms with Gasteiger partial charge in [0.05, 0.1) is 0 Å². The van der Waals surface area contributed by atoms with E-state index in [1.807, 2.05) is 0 Å². The molecule has 0 bridgehead atoms. The number of benzene rings is 2. The van der Waals surface area contributed by atoms with Gasteiger partial charge in [-0.05, 0) is 41.5 Å². The van der Waals surface area contributed by atoms with Crippen molar-refractivity contribution in [1.29, 1.82) is 0 Å². The third-order valence-electron chi connectivity index (χ3n) is 4.29. The maximum absolute atomic E-state index is 3.73. The molecule has 1 aliphatic carbocycles. The highest BCUT2D eigenvalue weighted by Gasteiger charge is 2.23. The molecule has 2 aromatic carbocycles. The second-order valence-corrected chi connectivity index (χ2v) is 6.49. The van der Waals surface area contributed by atoms with Gasteiger partial charge in [-0.1, -0.05) is 65.3 Å². The number of halogens is 1. The Balaban J connectivity index is 1.76. The fourth-order valence-electron chi connectivity index (χ4n) is 3.09. The lowest BCUT2D eigenvalue weighted by Gasteiger charge is -2.30. The van der Waals surface area contributed by atoms with E-state index in [1.54, 1.807) is 0 Å². The van der Waals surface area contributed by atoms with Gasteiger partial charge in [-0.15, -0.1) is 0 Å². The topological polar surface area (TPSA) is 12.0 Å². The first kappa shape index (κ1) is 13.8. The van der Waals surface area contributed by atoms with E-state index in [0.29, 0.717) is 12.0 Å². The van der Waals surface area contributed by atoms with Crippen molar-refractivity contribution in [2.45, 2.75) is 38.3 Å². The average molecular weight is 330 g/mol. The van der Waals surface area contributed by atoms with Gasteiger partial charge < -0.3 is 5.32 Å². The van der Waals surface area contributed by atoms with E-state index in [2.05, 4.69) is 76.7 Å². The maximum atomic E-state index is 3.73. The Morgan fingerprint density at radius 1 is 1.00 bits per heavy atom. The van der Waals surface area contributed by atoms with Crippen LogP contribution in [-0.2, 0) is 6.54 Å². The van der Waals surface area contributed by atoms with Crippen molar-refractivity contribution in [3.05, 3.63) is 69.7 Å². The summed E-state index contributed by atoms with van der Waals surface area (Å²) >= 11 is 3.62. The molecule has 0 fully saturated rings. The predicted molar refractivity (Wildman–Crippen MR) is 87.8 cm³/mol. The summed E-state index contributed by atoms with van der Waals surface area (Å²) in [6.07, 6.45) is 2.49. The van der Waals surface area contributed by atoms with Gasteiger partial charge in [0.15, 0.2) is 0 Å². The number of hydrogen-bond acceptors (Lipinski definition) is 1. The zero-order chi connectivity index (χ0) is 13.9. The van der Waals surface area contributed by atoms with E-state index < -0.39 is 0 Å². The van der Waals surface area contributed by atoms with Crippen LogP contribution in [0.5, 0.6) is 0 Å². The summed E-state index contributed by atoms with van der Waals surface area (Å²) in [4.78, 5) is 0. The third-order valence-corrected chi connectivity index (χ3v) is 5.06. The molecule has 2 unspecified atom stereocenters. The van der Waals surface area contributed by atoms with Crippen LogP contribution in [0, 0.1) is 0 Å². The fourth-order valence-corrected chi connectivity index (χ4v) is 3.52. The molecular formula is C18H20BrN. The lowest BCUT2D eigenvalue weighted by Crippen LogP contribution is -2.26. The van der Waals surface area contributed by atoms with Crippen LogP contribution in [0.3, 0.4) is 0 Å². The Hall–Kier alpha value is -1.12. The van der Waals surface area contributed by atoms with Crippen molar-refractivity contribution < 1.29 is 0 Å². The molecule has 0 aromatic heterocycles. The molecule has 104 valence electrons. The number of rotatable bonds is 3. The van der Waals surface area contributed by atoms with Crippen LogP contribution in [0.1, 0.15) is 48.4 Å². The van der Waals surface area contributed by atoms with Crippen LogP contribution >= 0.6 is 15.9 Å². The molecule has 2 atom stereocenters. The zero-order valence-electron chi connectivity index (χ0n) is 11.8. The van der Waals surface area contributed by atoms with Gasteiger partial charge >= 0.3 is 0 Å². The van der Waals surface area contributed by atoms with Crippen molar-refractivity contribution in [1.82, 2.24) is 5.32 Å². The van der Waals surface area contributed by atoms with E-state index in [4.69, 9.17) is 0 Å². The standard InChI is InChI=1S/C18H20BrN/c1-13-10-11-18(16-8-4-3-7-15(13)16)20-12-14-6-2-5-9-17(14)19/h2-9,13,18,20H,10-12H2,1H3. The summed E-state index contributed by atoms with van der Waals surface area (Å²) in [5.41, 5.74) is 4.32. The first-order valence-corrected chi connectivity index (χ1v) is 8.10. The van der Waals surface area contributed by atoms with Crippen molar-refractivity contribution in [3.63, 3.8) is 0 Å². The summed E-state index contributed by atoms with van der Waals surface area (Å²) in [6.45, 7) is 3.25. The summed E-state index contributed by atoms with van der Waals surface area (Å²) < 4.78 is 1.19. The van der Waals surface area contributed by atoms with Crippen LogP contribution in [0.2, 0.25) is 0 Å². The first-order valence-electron chi connectivity index (χ1n) is 7.31. The van der Waals surface area contributed by atoms with E-state index in [1.165, 1.54) is 34.0 Å². The quantitative estimate of drug-likeness (QED) is 0.818. The second-order valence-electron chi connectivity index (χ2n) is 5.63. The lowest BCUT2D eigenvalue weighted by molar-refractivity contribution is 0.431. The molecule has 0 heterocycles. The fraction of sp³-hybridized carbons (Fsp3) is 0.333. The Bertz CT molecular complexity index is 593. The van der Waals surface area contributed by atoms with Gasteiger partial charge in [-0.3, -0.25) is 0 Å². The first-order chi connectivity index (χ1) is 9.75. The Kier molecular flexibility index (Phi) is 4.23. The molecule has 2 aromatic rings. The largest absolute Gasteiger partial charge is 0.306 e. The van der Waals surface area contributed by atoms with Gasteiger partial charge in [0.2, 0.25) is 0 Å². The third kappa shape index (κ3) is 2.82. The molecule has 3 rings (SSSR count). The van der Waals surface area contributed by atoms with Gasteiger partial charge in [0, 0.05) is 17.1 Å². The van der Waals surface area contributed by atoms with Gasteiger partial charge in [-0.2, -0.15) is 0 Å². The van der Waals surface area contributed by atoms with E-state index in [9.17, 15) is 0 Å². The van der Waals surface area contributed by atoms with Crippen LogP contribution in [0.4, 0.5) is 0 Å². The highest BCUT2D eigenvalue weighted by atomic mass is 79.9. The summed E-state index contributed by atoms with van der Waals surface area (Å²) in [7, 11) is 0. The van der Waals surface area contributed by atoms with Gasteiger partial charge in [-0.25, -0.2) is 0 Å². The second kappa shape index (κ2) is 6.11. The molecule has 0 amide bonds. The molecule has 1 nitrogen and oxygen atoms in total. The van der Waals surface area contributed by atoms with E-state index >= 15 is 0 Å². The van der Waals surface area contributed by atoms with Crippen LogP contribution in [-0.4, -0.2) is 0 Å². The van der Waals surface area contributed by atoms with Crippen molar-refractivity contribution in [3.8, 4) is 0 Å². The van der Waals surface area contributed by atoms with Crippen LogP contribution in [0.15, 0.2) is 53.0 Å². The Labute approximate surface area is 129 Å². The normalized spacial score (nSPS) is 21.5. The molecule has 2 heteroatoms. The van der Waals surface area contributed by atoms with E-state index in [-0.39, 0.29) is 0 Å². The molecule has 0 saturated heterocycles. The minimum Gasteiger partial charge on any atom is -0.306 e. The van der Waals surface area contributed by atoms with Crippen molar-refractivity contribution in [2.75, 3.05) is 0 Å². The number of fused-ring (bicyclic) bond motifs is 1. The molecule has 0 saturated carbocycles. The molecular weight excluding hydrogens is 310 g/mol. The molecule has 1 aliphatic rings. The van der Waals surface area contributed by atoms with Gasteiger partial charge in [0.1, 0.15) is 0 Å². The highest BCUT2D eigenvalue weighted by Crippen LogP contribution is 2.37. The minimum absolute atomic E-state index is 0.481. The molecule has 0 radical (unpaired) electrons. The highest BCUT2D eigenvalue weighted by molar-refractivity contribution is 9.10. The molecule has 1 N–H and O–H groups in total. The smallest absolute Gasteiger partial charge is 0.0326 e. The van der Waals surface area contributed by atoms with Crippen LogP contribution in [0.25, 0.3) is 0 Å². The van der Waals surface area contributed by atoms with Crippen molar-refractivity contribution >= 4 is 15.9 Å². The SMILES string of the molecule is CC1CCC(NCc2ccccc2Br)c2ccccc21.